The maximum absolute atomic E-state index is 9.54. The van der Waals surface area contributed by atoms with Gasteiger partial charge in [-0.2, -0.15) is 0 Å². The Morgan fingerprint density at radius 3 is 2.20 bits per heavy atom. The predicted molar refractivity (Wildman–Crippen MR) is 61.9 cm³/mol. The molecule has 0 aliphatic rings. The van der Waals surface area contributed by atoms with E-state index < -0.39 is 17.8 Å². The lowest BCUT2D eigenvalue weighted by molar-refractivity contribution is -0.0462. The second kappa shape index (κ2) is 8.34. The number of aliphatic hydroxyl groups excluding tert-OH is 2. The van der Waals surface area contributed by atoms with Gasteiger partial charge in [-0.05, 0) is 12.8 Å². The molecule has 4 heteroatoms. The van der Waals surface area contributed by atoms with Crippen LogP contribution in [0.3, 0.4) is 0 Å². The van der Waals surface area contributed by atoms with Crippen molar-refractivity contribution < 1.29 is 15.3 Å². The van der Waals surface area contributed by atoms with E-state index in [0.29, 0.717) is 6.42 Å². The number of rotatable bonds is 9. The summed E-state index contributed by atoms with van der Waals surface area (Å²) < 4.78 is 0. The summed E-state index contributed by atoms with van der Waals surface area (Å²) in [5.41, 5.74) is 0. The van der Waals surface area contributed by atoms with Crippen molar-refractivity contribution in [2.75, 3.05) is 6.61 Å². The fourth-order valence-corrected chi connectivity index (χ4v) is 1.66. The monoisotopic (exact) mass is 238 g/mol. The molecular weight excluding hydrogens is 216 g/mol. The second-order valence-corrected chi connectivity index (χ2v) is 4.69. The maximum atomic E-state index is 9.54. The van der Waals surface area contributed by atoms with E-state index in [-0.39, 0.29) is 0 Å². The molecule has 2 atom stereocenters. The van der Waals surface area contributed by atoms with Gasteiger partial charge in [0, 0.05) is 0 Å². The molecule has 15 heavy (non-hydrogen) atoms. The normalized spacial score (nSPS) is 17.4. The summed E-state index contributed by atoms with van der Waals surface area (Å²) in [7, 11) is 0. The summed E-state index contributed by atoms with van der Waals surface area (Å²) in [6.07, 6.45) is 5.65. The molecule has 0 fully saturated rings. The molecule has 3 N–H and O–H groups in total. The first-order chi connectivity index (χ1) is 7.04. The molecule has 0 saturated heterocycles. The van der Waals surface area contributed by atoms with Crippen molar-refractivity contribution in [1.29, 1.82) is 0 Å². The number of unbranched alkanes of at least 4 members (excludes halogenated alkanes) is 5. The molecule has 0 aromatic rings. The van der Waals surface area contributed by atoms with Crippen LogP contribution in [0.5, 0.6) is 0 Å². The summed E-state index contributed by atoms with van der Waals surface area (Å²) in [6.45, 7) is 1.66. The largest absolute Gasteiger partial charge is 0.394 e. The predicted octanol–water partition coefficient (Wildman–Crippen LogP) is 2.02. The highest BCUT2D eigenvalue weighted by Gasteiger charge is 2.31. The summed E-state index contributed by atoms with van der Waals surface area (Å²) in [6, 6.07) is 0. The van der Waals surface area contributed by atoms with Crippen LogP contribution in [0.2, 0.25) is 0 Å². The summed E-state index contributed by atoms with van der Waals surface area (Å²) in [4.78, 5) is 0. The van der Waals surface area contributed by atoms with Gasteiger partial charge in [-0.1, -0.05) is 50.6 Å². The van der Waals surface area contributed by atoms with Crippen LogP contribution in [0.25, 0.3) is 0 Å². The van der Waals surface area contributed by atoms with E-state index in [1.807, 2.05) is 0 Å². The zero-order valence-corrected chi connectivity index (χ0v) is 10.2. The molecule has 0 amide bonds. The highest BCUT2D eigenvalue weighted by Crippen LogP contribution is 2.24. The van der Waals surface area contributed by atoms with Crippen LogP contribution in [-0.2, 0) is 0 Å². The lowest BCUT2D eigenvalue weighted by atomic mass is 10.0. The number of alkyl halides is 1. The summed E-state index contributed by atoms with van der Waals surface area (Å²) in [5, 5.41) is 25.7. The molecular formula is C11H23ClO3. The van der Waals surface area contributed by atoms with Crippen LogP contribution in [0.15, 0.2) is 0 Å². The van der Waals surface area contributed by atoms with Crippen molar-refractivity contribution in [3.63, 3.8) is 0 Å². The van der Waals surface area contributed by atoms with Gasteiger partial charge in [-0.3, -0.25) is 0 Å². The first-order valence-electron chi connectivity index (χ1n) is 5.74. The standard InChI is InChI=1S/C11H23ClO3/c1-2-3-4-5-6-7-8-11(12,15)10(14)9-13/h10,13-15H,2-9H2,1H3. The van der Waals surface area contributed by atoms with Gasteiger partial charge in [-0.15, -0.1) is 0 Å². The minimum Gasteiger partial charge on any atom is -0.394 e. The van der Waals surface area contributed by atoms with Gasteiger partial charge >= 0.3 is 0 Å². The van der Waals surface area contributed by atoms with Crippen molar-refractivity contribution >= 4 is 11.6 Å². The van der Waals surface area contributed by atoms with Crippen LogP contribution in [0.4, 0.5) is 0 Å². The fourth-order valence-electron chi connectivity index (χ4n) is 1.46. The van der Waals surface area contributed by atoms with Crippen LogP contribution in [0.1, 0.15) is 51.9 Å². The van der Waals surface area contributed by atoms with Crippen LogP contribution in [-0.4, -0.2) is 33.1 Å². The van der Waals surface area contributed by atoms with Gasteiger partial charge in [0.1, 0.15) is 6.10 Å². The Bertz CT molecular complexity index is 151. The maximum Gasteiger partial charge on any atom is 0.166 e. The third-order valence-corrected chi connectivity index (χ3v) is 3.01. The Labute approximate surface area is 97.1 Å². The lowest BCUT2D eigenvalue weighted by Gasteiger charge is -2.25. The topological polar surface area (TPSA) is 60.7 Å². The van der Waals surface area contributed by atoms with Gasteiger partial charge in [0.2, 0.25) is 0 Å². The molecule has 0 saturated carbocycles. The number of hydrogen-bond donors (Lipinski definition) is 3. The Hall–Kier alpha value is 0.170. The van der Waals surface area contributed by atoms with Crippen molar-refractivity contribution in [2.45, 2.75) is 63.0 Å². The molecule has 3 nitrogen and oxygen atoms in total. The molecule has 0 aromatic heterocycles. The molecule has 0 aromatic carbocycles. The highest BCUT2D eigenvalue weighted by atomic mass is 35.5. The molecule has 92 valence electrons. The molecule has 0 aliphatic carbocycles. The number of aliphatic hydroxyl groups is 3. The van der Waals surface area contributed by atoms with E-state index >= 15 is 0 Å². The van der Waals surface area contributed by atoms with Gasteiger partial charge in [0.15, 0.2) is 5.06 Å². The molecule has 0 rings (SSSR count). The quantitative estimate of drug-likeness (QED) is 0.426. The first kappa shape index (κ1) is 15.2. The smallest absolute Gasteiger partial charge is 0.166 e. The summed E-state index contributed by atoms with van der Waals surface area (Å²) >= 11 is 5.67. The van der Waals surface area contributed by atoms with Crippen molar-refractivity contribution in [2.24, 2.45) is 0 Å². The van der Waals surface area contributed by atoms with Crippen molar-refractivity contribution in [3.05, 3.63) is 0 Å². The van der Waals surface area contributed by atoms with Gasteiger partial charge in [-0.25, -0.2) is 0 Å². The number of halogens is 1. The molecule has 0 radical (unpaired) electrons. The molecule has 0 spiro atoms. The van der Waals surface area contributed by atoms with E-state index in [1.54, 1.807) is 0 Å². The van der Waals surface area contributed by atoms with Crippen LogP contribution < -0.4 is 0 Å². The Balaban J connectivity index is 3.48. The van der Waals surface area contributed by atoms with E-state index in [2.05, 4.69) is 6.92 Å². The van der Waals surface area contributed by atoms with Gasteiger partial charge in [0.25, 0.3) is 0 Å². The minimum absolute atomic E-state index is 0.322. The van der Waals surface area contributed by atoms with Crippen molar-refractivity contribution in [3.8, 4) is 0 Å². The average Bonchev–Trinajstić information content (AvgIpc) is 2.22. The molecule has 2 unspecified atom stereocenters. The van der Waals surface area contributed by atoms with Gasteiger partial charge in [0.05, 0.1) is 6.61 Å². The SMILES string of the molecule is CCCCCCCCC(O)(Cl)C(O)CO. The Morgan fingerprint density at radius 2 is 1.67 bits per heavy atom. The zero-order chi connectivity index (χ0) is 11.7. The van der Waals surface area contributed by atoms with E-state index in [4.69, 9.17) is 16.7 Å². The molecule has 0 bridgehead atoms. The highest BCUT2D eigenvalue weighted by molar-refractivity contribution is 6.23. The van der Waals surface area contributed by atoms with E-state index in [9.17, 15) is 10.2 Å². The fraction of sp³-hybridized carbons (Fsp3) is 1.00. The third-order valence-electron chi connectivity index (χ3n) is 2.56. The van der Waals surface area contributed by atoms with E-state index in [0.717, 1.165) is 19.3 Å². The Kier molecular flexibility index (Phi) is 8.43. The summed E-state index contributed by atoms with van der Waals surface area (Å²) in [5.74, 6) is 0. The van der Waals surface area contributed by atoms with Crippen LogP contribution >= 0.6 is 11.6 Å². The molecule has 0 heterocycles. The van der Waals surface area contributed by atoms with Crippen molar-refractivity contribution in [1.82, 2.24) is 0 Å². The van der Waals surface area contributed by atoms with E-state index in [1.165, 1.54) is 19.3 Å². The zero-order valence-electron chi connectivity index (χ0n) is 9.45. The van der Waals surface area contributed by atoms with Gasteiger partial charge < -0.3 is 15.3 Å². The number of hydrogen-bond acceptors (Lipinski definition) is 3. The Morgan fingerprint density at radius 1 is 1.13 bits per heavy atom. The second-order valence-electron chi connectivity index (χ2n) is 4.03. The lowest BCUT2D eigenvalue weighted by Crippen LogP contribution is -2.39. The van der Waals surface area contributed by atoms with Crippen LogP contribution in [0, 0.1) is 0 Å². The molecule has 0 aliphatic heterocycles. The minimum atomic E-state index is -1.67. The third kappa shape index (κ3) is 7.12. The first-order valence-corrected chi connectivity index (χ1v) is 6.12. The average molecular weight is 239 g/mol.